The van der Waals surface area contributed by atoms with Crippen LogP contribution in [-0.4, -0.2) is 40.4 Å². The summed E-state index contributed by atoms with van der Waals surface area (Å²) in [4.78, 5) is 36.3. The van der Waals surface area contributed by atoms with Crippen LogP contribution in [0.4, 0.5) is 4.79 Å². The molecule has 9 nitrogen and oxygen atoms in total. The molecule has 1 atom stereocenters. The van der Waals surface area contributed by atoms with Crippen LogP contribution in [0, 0.1) is 0 Å². The lowest BCUT2D eigenvalue weighted by Crippen LogP contribution is -2.56. The van der Waals surface area contributed by atoms with Crippen LogP contribution in [0.25, 0.3) is 11.1 Å². The Bertz CT molecular complexity index is 1190. The largest absolute Gasteiger partial charge is 0.476 e. The van der Waals surface area contributed by atoms with Crippen molar-refractivity contribution in [2.24, 2.45) is 0 Å². The lowest BCUT2D eigenvalue weighted by atomic mass is 9.97. The number of carboxylic acids is 1. The molecule has 2 amide bonds. The van der Waals surface area contributed by atoms with Gasteiger partial charge in [0.05, 0.1) is 6.54 Å². The number of rotatable bonds is 8. The van der Waals surface area contributed by atoms with Crippen LogP contribution in [0.2, 0.25) is 0 Å². The first-order chi connectivity index (χ1) is 16.3. The summed E-state index contributed by atoms with van der Waals surface area (Å²) in [6.07, 6.45) is -0.394. The lowest BCUT2D eigenvalue weighted by molar-refractivity contribution is -0.127. The Morgan fingerprint density at radius 3 is 2.26 bits per heavy atom. The van der Waals surface area contributed by atoms with Crippen molar-refractivity contribution in [2.45, 2.75) is 38.3 Å². The molecule has 3 aromatic rings. The number of ether oxygens (including phenoxy) is 1. The second kappa shape index (κ2) is 9.38. The van der Waals surface area contributed by atoms with Crippen molar-refractivity contribution in [1.29, 1.82) is 0 Å². The van der Waals surface area contributed by atoms with Gasteiger partial charge in [-0.25, -0.2) is 9.59 Å². The molecule has 9 heteroatoms. The average molecular weight is 463 g/mol. The van der Waals surface area contributed by atoms with Crippen molar-refractivity contribution < 1.29 is 28.8 Å². The highest BCUT2D eigenvalue weighted by atomic mass is 16.5. The fourth-order valence-electron chi connectivity index (χ4n) is 4.03. The number of hydrogen-bond donors (Lipinski definition) is 3. The summed E-state index contributed by atoms with van der Waals surface area (Å²) in [5.41, 5.74) is 2.96. The van der Waals surface area contributed by atoms with E-state index in [4.69, 9.17) is 14.4 Å². The Labute approximate surface area is 196 Å². The van der Waals surface area contributed by atoms with Gasteiger partial charge in [0.15, 0.2) is 11.5 Å². The zero-order valence-corrected chi connectivity index (χ0v) is 18.8. The Morgan fingerprint density at radius 1 is 1.09 bits per heavy atom. The third-order valence-corrected chi connectivity index (χ3v) is 6.13. The van der Waals surface area contributed by atoms with E-state index in [9.17, 15) is 14.4 Å². The zero-order chi connectivity index (χ0) is 24.3. The van der Waals surface area contributed by atoms with E-state index in [0.29, 0.717) is 6.42 Å². The summed E-state index contributed by atoms with van der Waals surface area (Å²) in [5, 5.41) is 17.6. The number of aromatic carboxylic acids is 1. The number of alkyl carbamates (subject to hydrolysis) is 1. The van der Waals surface area contributed by atoms with Gasteiger partial charge in [0.2, 0.25) is 5.91 Å². The van der Waals surface area contributed by atoms with E-state index in [2.05, 4.69) is 27.9 Å². The molecule has 1 heterocycles. The third-order valence-electron chi connectivity index (χ3n) is 6.13. The van der Waals surface area contributed by atoms with Crippen molar-refractivity contribution in [3.05, 3.63) is 77.2 Å². The number of carbonyl (C=O) groups excluding carboxylic acids is 2. The molecule has 1 aliphatic carbocycles. The van der Waals surface area contributed by atoms with Gasteiger partial charge in [0.1, 0.15) is 12.1 Å². The number of carbonyl (C=O) groups is 3. The summed E-state index contributed by atoms with van der Waals surface area (Å²) in [7, 11) is 0. The molecule has 4 rings (SSSR count). The third kappa shape index (κ3) is 4.50. The molecule has 34 heavy (non-hydrogen) atoms. The van der Waals surface area contributed by atoms with E-state index in [0.717, 1.165) is 22.3 Å². The molecule has 0 radical (unpaired) electrons. The molecule has 0 spiro atoms. The Hall–Kier alpha value is -4.14. The molecule has 1 aliphatic rings. The molecule has 0 bridgehead atoms. The van der Waals surface area contributed by atoms with E-state index < -0.39 is 23.5 Å². The molecule has 1 unspecified atom stereocenters. The minimum absolute atomic E-state index is 0.0684. The zero-order valence-electron chi connectivity index (χ0n) is 18.8. The van der Waals surface area contributed by atoms with E-state index in [-0.39, 0.29) is 30.5 Å². The molecule has 0 fully saturated rings. The number of fused-ring (bicyclic) bond motifs is 3. The van der Waals surface area contributed by atoms with Crippen molar-refractivity contribution in [3.63, 3.8) is 0 Å². The number of carboxylic acid groups (broad SMARTS) is 1. The van der Waals surface area contributed by atoms with Gasteiger partial charge in [-0.15, -0.1) is 0 Å². The van der Waals surface area contributed by atoms with E-state index in [1.54, 1.807) is 13.8 Å². The van der Waals surface area contributed by atoms with Crippen LogP contribution in [-0.2, 0) is 16.1 Å². The second-order valence-electron chi connectivity index (χ2n) is 8.30. The Kier molecular flexibility index (Phi) is 6.36. The van der Waals surface area contributed by atoms with Crippen molar-refractivity contribution in [2.75, 3.05) is 6.61 Å². The number of benzene rings is 2. The number of aromatic nitrogens is 1. The maximum atomic E-state index is 12.8. The molecule has 2 aromatic carbocycles. The Morgan fingerprint density at radius 2 is 1.71 bits per heavy atom. The number of nitrogens with zero attached hydrogens (tertiary/aromatic N) is 1. The van der Waals surface area contributed by atoms with Gasteiger partial charge in [0.25, 0.3) is 0 Å². The van der Waals surface area contributed by atoms with Gasteiger partial charge in [0, 0.05) is 12.0 Å². The molecule has 3 N–H and O–H groups in total. The second-order valence-corrected chi connectivity index (χ2v) is 8.30. The van der Waals surface area contributed by atoms with E-state index in [1.165, 1.54) is 6.07 Å². The van der Waals surface area contributed by atoms with Gasteiger partial charge in [-0.3, -0.25) is 4.79 Å². The van der Waals surface area contributed by atoms with Crippen molar-refractivity contribution >= 4 is 18.0 Å². The lowest BCUT2D eigenvalue weighted by Gasteiger charge is -2.28. The fourth-order valence-corrected chi connectivity index (χ4v) is 4.03. The first-order valence-corrected chi connectivity index (χ1v) is 10.9. The average Bonchev–Trinajstić information content (AvgIpc) is 3.44. The summed E-state index contributed by atoms with van der Waals surface area (Å²) in [6.45, 7) is 3.42. The minimum atomic E-state index is -1.24. The summed E-state index contributed by atoms with van der Waals surface area (Å²) < 4.78 is 10.5. The summed E-state index contributed by atoms with van der Waals surface area (Å²) in [6, 6.07) is 17.3. The van der Waals surface area contributed by atoms with Gasteiger partial charge < -0.3 is 25.0 Å². The van der Waals surface area contributed by atoms with E-state index in [1.807, 2.05) is 36.4 Å². The van der Waals surface area contributed by atoms with Gasteiger partial charge in [-0.05, 0) is 35.6 Å². The highest BCUT2D eigenvalue weighted by Crippen LogP contribution is 2.44. The van der Waals surface area contributed by atoms with Crippen LogP contribution in [0.3, 0.4) is 0 Å². The van der Waals surface area contributed by atoms with Crippen molar-refractivity contribution in [3.8, 4) is 11.1 Å². The molecule has 176 valence electrons. The first kappa shape index (κ1) is 23.0. The van der Waals surface area contributed by atoms with Crippen molar-refractivity contribution in [1.82, 2.24) is 15.8 Å². The van der Waals surface area contributed by atoms with Gasteiger partial charge in [-0.1, -0.05) is 60.6 Å². The fraction of sp³-hybridized carbons (Fsp3) is 0.280. The topological polar surface area (TPSA) is 131 Å². The molecule has 0 saturated carbocycles. The molecule has 0 saturated heterocycles. The smallest absolute Gasteiger partial charge is 0.408 e. The maximum absolute atomic E-state index is 12.8. The Balaban J connectivity index is 1.37. The van der Waals surface area contributed by atoms with Gasteiger partial charge in [-0.2, -0.15) is 0 Å². The van der Waals surface area contributed by atoms with Crippen LogP contribution >= 0.6 is 0 Å². The van der Waals surface area contributed by atoms with E-state index >= 15 is 0 Å². The predicted octanol–water partition coefficient (Wildman–Crippen LogP) is 3.70. The molecular weight excluding hydrogens is 438 g/mol. The minimum Gasteiger partial charge on any atom is -0.476 e. The van der Waals surface area contributed by atoms with Crippen LogP contribution < -0.4 is 10.6 Å². The number of nitrogens with one attached hydrogen (secondary N) is 2. The number of hydrogen-bond acceptors (Lipinski definition) is 6. The summed E-state index contributed by atoms with van der Waals surface area (Å²) in [5.74, 6) is -1.59. The molecule has 0 aliphatic heterocycles. The quantitative estimate of drug-likeness (QED) is 0.464. The standard InChI is InChI=1S/C25H25N3O6/c1-3-25(2,23(31)26-13-15-12-21(22(29)30)28-34-15)27-24(32)33-14-20-18-10-6-4-8-16(18)17-9-5-7-11-19(17)20/h4-12,20H,3,13-14H2,1-2H3,(H,26,31)(H,27,32)(H,29,30). The predicted molar refractivity (Wildman–Crippen MR) is 122 cm³/mol. The highest BCUT2D eigenvalue weighted by molar-refractivity contribution is 5.89. The highest BCUT2D eigenvalue weighted by Gasteiger charge is 2.35. The molecule has 1 aromatic heterocycles. The first-order valence-electron chi connectivity index (χ1n) is 10.9. The maximum Gasteiger partial charge on any atom is 0.408 e. The molecular formula is C25H25N3O6. The SMILES string of the molecule is CCC(C)(NC(=O)OCC1c2ccccc2-c2ccccc21)C(=O)NCc1cc(C(=O)O)no1. The van der Waals surface area contributed by atoms with Crippen LogP contribution in [0.5, 0.6) is 0 Å². The van der Waals surface area contributed by atoms with Crippen LogP contribution in [0.15, 0.2) is 59.1 Å². The van der Waals surface area contributed by atoms with Crippen LogP contribution in [0.1, 0.15) is 53.6 Å². The normalized spacial score (nSPS) is 13.9. The monoisotopic (exact) mass is 463 g/mol. The number of amides is 2. The van der Waals surface area contributed by atoms with Gasteiger partial charge >= 0.3 is 12.1 Å². The summed E-state index contributed by atoms with van der Waals surface area (Å²) >= 11 is 0.